The molecule has 38 heavy (non-hydrogen) atoms. The molecule has 2 amide bonds. The lowest BCUT2D eigenvalue weighted by molar-refractivity contribution is -0.133. The smallest absolute Gasteiger partial charge is 0.407 e. The Bertz CT molecular complexity index is 1400. The molecule has 5 rings (SSSR count). The number of carbonyl (C=O) groups is 2. The van der Waals surface area contributed by atoms with Gasteiger partial charge in [0.15, 0.2) is 0 Å². The second-order valence-electron chi connectivity index (χ2n) is 9.75. The van der Waals surface area contributed by atoms with Gasteiger partial charge in [-0.1, -0.05) is 0 Å². The molecule has 0 spiro atoms. The minimum absolute atomic E-state index is 0.00404. The molecule has 3 heterocycles. The van der Waals surface area contributed by atoms with Gasteiger partial charge in [0.25, 0.3) is 0 Å². The van der Waals surface area contributed by atoms with Crippen LogP contribution in [-0.2, 0) is 28.9 Å². The van der Waals surface area contributed by atoms with Crippen LogP contribution in [0.2, 0.25) is 0 Å². The van der Waals surface area contributed by atoms with Gasteiger partial charge >= 0.3 is 6.09 Å². The van der Waals surface area contributed by atoms with Crippen molar-refractivity contribution >= 4 is 51.3 Å². The quantitative estimate of drug-likeness (QED) is 0.445. The van der Waals surface area contributed by atoms with Crippen LogP contribution >= 0.6 is 11.3 Å². The number of aryl methyl sites for hydroxylation is 1. The number of carbonyl (C=O) groups excluding carboxylic acids is 2. The highest BCUT2D eigenvalue weighted by atomic mass is 32.1. The molecule has 0 saturated heterocycles. The SMILES string of the molecule is CCOC(=O)NC[C@@H](C)Oc1cc2c(cc1Nc1ncnc3sc4c(c13)CC[C@H](C(=O)N(C)C)C4)C=NC2. The van der Waals surface area contributed by atoms with Crippen LogP contribution in [0.5, 0.6) is 5.75 Å². The number of aromatic nitrogens is 2. The number of anilines is 2. The van der Waals surface area contributed by atoms with E-state index in [9.17, 15) is 9.59 Å². The molecule has 2 aliphatic rings. The summed E-state index contributed by atoms with van der Waals surface area (Å²) in [7, 11) is 3.62. The van der Waals surface area contributed by atoms with E-state index in [1.54, 1.807) is 29.5 Å². The Morgan fingerprint density at radius 3 is 2.89 bits per heavy atom. The van der Waals surface area contributed by atoms with Crippen LogP contribution in [0.15, 0.2) is 23.5 Å². The Kier molecular flexibility index (Phi) is 7.46. The van der Waals surface area contributed by atoms with Gasteiger partial charge in [-0.15, -0.1) is 11.3 Å². The topological polar surface area (TPSA) is 118 Å². The average Bonchev–Trinajstić information content (AvgIpc) is 3.51. The van der Waals surface area contributed by atoms with E-state index < -0.39 is 6.09 Å². The molecule has 0 bridgehead atoms. The number of nitrogens with zero attached hydrogens (tertiary/aromatic N) is 4. The van der Waals surface area contributed by atoms with Gasteiger partial charge < -0.3 is 25.0 Å². The fraction of sp³-hybridized carbons (Fsp3) is 0.444. The maximum absolute atomic E-state index is 12.6. The van der Waals surface area contributed by atoms with Crippen molar-refractivity contribution in [3.8, 4) is 5.75 Å². The van der Waals surface area contributed by atoms with Gasteiger partial charge in [-0.25, -0.2) is 14.8 Å². The third-order valence-corrected chi connectivity index (χ3v) is 7.92. The Balaban J connectivity index is 1.43. The van der Waals surface area contributed by atoms with Gasteiger partial charge in [-0.3, -0.25) is 9.79 Å². The molecule has 2 atom stereocenters. The standard InChI is InChI=1S/C27H32N6O4S/c1-5-36-27(35)29-11-15(2)37-21-9-18-13-28-12-17(18)8-20(21)32-24-23-19-7-6-16(26(34)33(3)4)10-22(19)38-25(23)31-14-30-24/h8-9,12,14-16H,5-7,10-11,13H2,1-4H3,(H,29,35)(H,30,31,32)/t15-,16+/m1/s1. The lowest BCUT2D eigenvalue weighted by atomic mass is 9.87. The Labute approximate surface area is 225 Å². The molecule has 10 nitrogen and oxygen atoms in total. The number of hydrogen-bond acceptors (Lipinski definition) is 9. The van der Waals surface area contributed by atoms with E-state index in [4.69, 9.17) is 9.47 Å². The summed E-state index contributed by atoms with van der Waals surface area (Å²) in [6, 6.07) is 4.01. The van der Waals surface area contributed by atoms with E-state index in [2.05, 4.69) is 25.6 Å². The van der Waals surface area contributed by atoms with Crippen molar-refractivity contribution in [2.24, 2.45) is 10.9 Å². The number of ether oxygens (including phenoxy) is 2. The second kappa shape index (κ2) is 10.9. The highest BCUT2D eigenvalue weighted by Gasteiger charge is 2.30. The second-order valence-corrected chi connectivity index (χ2v) is 10.8. The number of benzene rings is 1. The predicted octanol–water partition coefficient (Wildman–Crippen LogP) is 4.07. The van der Waals surface area contributed by atoms with Crippen LogP contribution < -0.4 is 15.4 Å². The zero-order valence-electron chi connectivity index (χ0n) is 22.0. The van der Waals surface area contributed by atoms with E-state index in [-0.39, 0.29) is 17.9 Å². The van der Waals surface area contributed by atoms with Gasteiger partial charge in [-0.05, 0) is 61.9 Å². The molecule has 1 aromatic carbocycles. The normalized spacial score (nSPS) is 16.5. The van der Waals surface area contributed by atoms with E-state index >= 15 is 0 Å². The summed E-state index contributed by atoms with van der Waals surface area (Å²) in [5.74, 6) is 1.53. The van der Waals surface area contributed by atoms with Crippen molar-refractivity contribution in [3.05, 3.63) is 40.0 Å². The Morgan fingerprint density at radius 2 is 2.11 bits per heavy atom. The number of fused-ring (bicyclic) bond motifs is 4. The van der Waals surface area contributed by atoms with Crippen molar-refractivity contribution in [1.82, 2.24) is 20.2 Å². The highest BCUT2D eigenvalue weighted by molar-refractivity contribution is 7.19. The third kappa shape index (κ3) is 5.28. The molecule has 11 heteroatoms. The molecule has 0 saturated carbocycles. The zero-order chi connectivity index (χ0) is 26.8. The lowest BCUT2D eigenvalue weighted by Crippen LogP contribution is -2.34. The van der Waals surface area contributed by atoms with Crippen molar-refractivity contribution in [3.63, 3.8) is 0 Å². The largest absolute Gasteiger partial charge is 0.487 e. The van der Waals surface area contributed by atoms with Crippen molar-refractivity contribution in [1.29, 1.82) is 0 Å². The first-order valence-electron chi connectivity index (χ1n) is 12.8. The van der Waals surface area contributed by atoms with Crippen molar-refractivity contribution in [2.75, 3.05) is 32.6 Å². The number of amides is 2. The molecule has 1 aliphatic heterocycles. The first-order chi connectivity index (χ1) is 18.3. The summed E-state index contributed by atoms with van der Waals surface area (Å²) in [6.45, 7) is 4.87. The highest BCUT2D eigenvalue weighted by Crippen LogP contribution is 2.42. The van der Waals surface area contributed by atoms with Gasteiger partial charge in [0.1, 0.15) is 28.8 Å². The van der Waals surface area contributed by atoms with Crippen LogP contribution in [0, 0.1) is 5.92 Å². The van der Waals surface area contributed by atoms with E-state index in [0.29, 0.717) is 31.3 Å². The molecule has 2 N–H and O–H groups in total. The van der Waals surface area contributed by atoms with Crippen LogP contribution in [0.25, 0.3) is 10.2 Å². The van der Waals surface area contributed by atoms with Gasteiger partial charge in [-0.2, -0.15) is 0 Å². The maximum Gasteiger partial charge on any atom is 0.407 e. The van der Waals surface area contributed by atoms with Crippen molar-refractivity contribution < 1.29 is 19.1 Å². The number of hydrogen-bond donors (Lipinski definition) is 2. The maximum atomic E-state index is 12.6. The number of aliphatic imine (C=N–C) groups is 1. The fourth-order valence-corrected chi connectivity index (χ4v) is 6.18. The number of rotatable bonds is 8. The molecule has 3 aromatic rings. The Hall–Kier alpha value is -3.73. The predicted molar refractivity (Wildman–Crippen MR) is 148 cm³/mol. The molecule has 0 unspecified atom stereocenters. The number of nitrogens with one attached hydrogen (secondary N) is 2. The molecule has 200 valence electrons. The van der Waals surface area contributed by atoms with Crippen LogP contribution in [-0.4, -0.2) is 66.4 Å². The van der Waals surface area contributed by atoms with E-state index in [0.717, 1.165) is 46.3 Å². The average molecular weight is 537 g/mol. The summed E-state index contributed by atoms with van der Waals surface area (Å²) in [6.07, 6.45) is 4.99. The zero-order valence-corrected chi connectivity index (χ0v) is 22.9. The summed E-state index contributed by atoms with van der Waals surface area (Å²) < 4.78 is 11.2. The molecular weight excluding hydrogens is 504 g/mol. The third-order valence-electron chi connectivity index (χ3n) is 6.76. The van der Waals surface area contributed by atoms with Crippen LogP contribution in [0.1, 0.15) is 41.8 Å². The minimum Gasteiger partial charge on any atom is -0.487 e. The van der Waals surface area contributed by atoms with E-state index in [1.807, 2.05) is 39.4 Å². The molecular formula is C27H32N6O4S. The first kappa shape index (κ1) is 25.9. The number of alkyl carbamates (subject to hydrolysis) is 1. The summed E-state index contributed by atoms with van der Waals surface area (Å²) >= 11 is 1.64. The van der Waals surface area contributed by atoms with Crippen LogP contribution in [0.3, 0.4) is 0 Å². The lowest BCUT2D eigenvalue weighted by Gasteiger charge is -2.24. The van der Waals surface area contributed by atoms with Gasteiger partial charge in [0.2, 0.25) is 5.91 Å². The number of thiophene rings is 1. The molecule has 0 radical (unpaired) electrons. The molecule has 1 aliphatic carbocycles. The summed E-state index contributed by atoms with van der Waals surface area (Å²) in [5, 5.41) is 7.23. The Morgan fingerprint density at radius 1 is 1.26 bits per heavy atom. The van der Waals surface area contributed by atoms with E-state index in [1.165, 1.54) is 10.4 Å². The van der Waals surface area contributed by atoms with Crippen LogP contribution in [0.4, 0.5) is 16.3 Å². The monoisotopic (exact) mass is 536 g/mol. The summed E-state index contributed by atoms with van der Waals surface area (Å²) in [4.78, 5) is 41.6. The molecule has 2 aromatic heterocycles. The molecule has 0 fully saturated rings. The summed E-state index contributed by atoms with van der Waals surface area (Å²) in [5.41, 5.74) is 4.08. The first-order valence-corrected chi connectivity index (χ1v) is 13.6. The van der Waals surface area contributed by atoms with Gasteiger partial charge in [0.05, 0.1) is 30.8 Å². The van der Waals surface area contributed by atoms with Crippen molar-refractivity contribution in [2.45, 2.75) is 45.8 Å². The van der Waals surface area contributed by atoms with Gasteiger partial charge in [0, 0.05) is 31.1 Å². The fourth-order valence-electron chi connectivity index (χ4n) is 4.91. The minimum atomic E-state index is -0.469.